The average molecular weight is 295 g/mol. The summed E-state index contributed by atoms with van der Waals surface area (Å²) in [4.78, 5) is 0. The monoisotopic (exact) mass is 294 g/mol. The van der Waals surface area contributed by atoms with Gasteiger partial charge in [0, 0.05) is 0 Å². The molecule has 1 saturated heterocycles. The Bertz CT molecular complexity index is 135. The van der Waals surface area contributed by atoms with Crippen LogP contribution in [0.2, 0.25) is 5.23 Å². The fourth-order valence-electron chi connectivity index (χ4n) is 1.41. The Balaban J connectivity index is 0. The predicted octanol–water partition coefficient (Wildman–Crippen LogP) is 0.468. The van der Waals surface area contributed by atoms with E-state index in [-0.39, 0.29) is 24.8 Å². The fraction of sp³-hybridized carbons (Fsp3) is 1.00. The minimum atomic E-state index is -1.34. The van der Waals surface area contributed by atoms with Crippen LogP contribution in [0, 0.1) is 0 Å². The van der Waals surface area contributed by atoms with Crippen LogP contribution in [0.5, 0.6) is 0 Å². The van der Waals surface area contributed by atoms with Gasteiger partial charge in [-0.1, -0.05) is 0 Å². The smallest absolute Gasteiger partial charge is 0.147 e. The summed E-state index contributed by atoms with van der Waals surface area (Å²) in [6.45, 7) is 6.63. The van der Waals surface area contributed by atoms with Crippen molar-refractivity contribution >= 4 is 24.8 Å². The third-order valence-electron chi connectivity index (χ3n) is 2.34. The van der Waals surface area contributed by atoms with Crippen molar-refractivity contribution in [3.63, 3.8) is 0 Å². The number of rotatable bonds is 2. The standard InChI is InChI=1S/C6H14N3.CH3O.CH3.2ClH.Ti/c1-2-8-5-6-9-4-3-7-1;1-2;;;;/h7-8H,1-6H2;1H3;1H3;2*1H;/q2*-1;;;;+2. The first-order chi connectivity index (χ1) is 6.34. The molecule has 0 aromatic heterocycles. The molecule has 0 unspecified atom stereocenters. The van der Waals surface area contributed by atoms with Gasteiger partial charge in [0.25, 0.3) is 0 Å². The Morgan fingerprint density at radius 1 is 1.00 bits per heavy atom. The fourth-order valence-corrected chi connectivity index (χ4v) is 3.15. The maximum atomic E-state index is 5.46. The first-order valence-corrected chi connectivity index (χ1v) is 7.78. The molecule has 2 N–H and O–H groups in total. The molecule has 0 spiro atoms. The number of halogens is 2. The topological polar surface area (TPSA) is 36.5 Å². The molecule has 0 aromatic carbocycles. The number of hydrogen-bond donors (Lipinski definition) is 2. The molecule has 1 rings (SSSR count). The average Bonchev–Trinajstić information content (AvgIpc) is 2.29. The van der Waals surface area contributed by atoms with Gasteiger partial charge in [-0.2, -0.15) is 0 Å². The van der Waals surface area contributed by atoms with E-state index in [1.807, 2.05) is 7.11 Å². The van der Waals surface area contributed by atoms with Crippen LogP contribution in [0.15, 0.2) is 0 Å². The number of nitrogens with one attached hydrogen (secondary N) is 2. The van der Waals surface area contributed by atoms with Crippen LogP contribution in [-0.4, -0.2) is 49.8 Å². The van der Waals surface area contributed by atoms with Gasteiger partial charge >= 0.3 is 87.5 Å². The maximum Gasteiger partial charge on any atom is -0.147 e. The second-order valence-electron chi connectivity index (χ2n) is 3.21. The van der Waals surface area contributed by atoms with Gasteiger partial charge in [0.1, 0.15) is 0 Å². The minimum Gasteiger partial charge on any atom is -0.147 e. The van der Waals surface area contributed by atoms with E-state index in [0.29, 0.717) is 0 Å². The van der Waals surface area contributed by atoms with Crippen molar-refractivity contribution in [3.8, 4) is 0 Å². The van der Waals surface area contributed by atoms with Crippen molar-refractivity contribution in [2.45, 2.75) is 5.23 Å². The second kappa shape index (κ2) is 11.6. The Morgan fingerprint density at radius 3 is 1.87 bits per heavy atom. The van der Waals surface area contributed by atoms with Gasteiger partial charge in [0.15, 0.2) is 0 Å². The van der Waals surface area contributed by atoms with Crippen molar-refractivity contribution < 1.29 is 21.8 Å². The van der Waals surface area contributed by atoms with Gasteiger partial charge in [-0.05, 0) is 0 Å². The largest absolute Gasteiger partial charge is 0.147 e. The molecule has 93 valence electrons. The minimum absolute atomic E-state index is 0. The van der Waals surface area contributed by atoms with E-state index in [0.717, 1.165) is 39.3 Å². The molecule has 4 nitrogen and oxygen atoms in total. The van der Waals surface area contributed by atoms with Gasteiger partial charge in [-0.25, -0.2) is 0 Å². The van der Waals surface area contributed by atoms with Gasteiger partial charge in [-0.15, -0.1) is 24.8 Å². The van der Waals surface area contributed by atoms with Crippen LogP contribution in [0.3, 0.4) is 0 Å². The van der Waals surface area contributed by atoms with Gasteiger partial charge in [0.2, 0.25) is 0 Å². The van der Waals surface area contributed by atoms with Gasteiger partial charge < -0.3 is 0 Å². The first kappa shape index (κ1) is 18.5. The zero-order valence-electron chi connectivity index (χ0n) is 9.41. The summed E-state index contributed by atoms with van der Waals surface area (Å²) < 4.78 is 7.97. The summed E-state index contributed by atoms with van der Waals surface area (Å²) in [7, 11) is 1.84. The molecule has 0 aliphatic carbocycles. The molecule has 0 bridgehead atoms. The van der Waals surface area contributed by atoms with Crippen molar-refractivity contribution in [1.29, 1.82) is 0 Å². The molecule has 1 aliphatic heterocycles. The molecule has 1 fully saturated rings. The third kappa shape index (κ3) is 7.94. The van der Waals surface area contributed by atoms with Crippen LogP contribution in [-0.2, 0) is 21.8 Å². The molecule has 0 amide bonds. The summed E-state index contributed by atoms with van der Waals surface area (Å²) in [6.07, 6.45) is 0. The van der Waals surface area contributed by atoms with E-state index >= 15 is 0 Å². The summed E-state index contributed by atoms with van der Waals surface area (Å²) in [6, 6.07) is 0. The Kier molecular flexibility index (Phi) is 14.3. The summed E-state index contributed by atoms with van der Waals surface area (Å²) >= 11 is -1.34. The van der Waals surface area contributed by atoms with Gasteiger partial charge in [0.05, 0.1) is 0 Å². The zero-order chi connectivity index (χ0) is 9.52. The van der Waals surface area contributed by atoms with E-state index in [2.05, 4.69) is 19.2 Å². The molecule has 0 radical (unpaired) electrons. The summed E-state index contributed by atoms with van der Waals surface area (Å²) in [5, 5.41) is 9.07. The van der Waals surface area contributed by atoms with Crippen molar-refractivity contribution in [2.24, 2.45) is 0 Å². The third-order valence-corrected chi connectivity index (χ3v) is 5.35. The Labute approximate surface area is 112 Å². The van der Waals surface area contributed by atoms with Crippen LogP contribution in [0.4, 0.5) is 0 Å². The van der Waals surface area contributed by atoms with Crippen LogP contribution in [0.25, 0.3) is 0 Å². The summed E-state index contributed by atoms with van der Waals surface area (Å²) in [5.74, 6) is 0. The zero-order valence-corrected chi connectivity index (χ0v) is 12.6. The molecule has 1 heterocycles. The number of nitrogens with zero attached hydrogens (tertiary/aromatic N) is 1. The number of hydrogen-bond acceptors (Lipinski definition) is 4. The molecule has 0 aromatic rings. The molecule has 15 heavy (non-hydrogen) atoms. The van der Waals surface area contributed by atoms with E-state index in [4.69, 9.17) is 3.32 Å². The Hall–Kier alpha value is 1.13. The van der Waals surface area contributed by atoms with E-state index < -0.39 is 18.5 Å². The maximum absolute atomic E-state index is 5.46. The van der Waals surface area contributed by atoms with Gasteiger partial charge in [-0.3, -0.25) is 0 Å². The molecule has 1 aliphatic rings. The van der Waals surface area contributed by atoms with E-state index in [1.165, 1.54) is 0 Å². The molecule has 0 saturated carbocycles. The summed E-state index contributed by atoms with van der Waals surface area (Å²) in [5.41, 5.74) is 0. The van der Waals surface area contributed by atoms with Crippen molar-refractivity contribution in [1.82, 2.24) is 14.0 Å². The van der Waals surface area contributed by atoms with Crippen LogP contribution in [0.1, 0.15) is 0 Å². The molecular formula is C8H22Cl2N3OTi. The SMILES string of the molecule is C[O][Ti]([CH3])[N]1CCNCCNCC1.Cl.Cl. The molecular weight excluding hydrogens is 273 g/mol. The quantitative estimate of drug-likeness (QED) is 0.726. The first-order valence-electron chi connectivity index (χ1n) is 4.88. The van der Waals surface area contributed by atoms with Crippen molar-refractivity contribution in [3.05, 3.63) is 0 Å². The normalized spacial score (nSPS) is 18.8. The van der Waals surface area contributed by atoms with Crippen molar-refractivity contribution in [2.75, 3.05) is 46.4 Å². The van der Waals surface area contributed by atoms with E-state index in [1.54, 1.807) is 0 Å². The second-order valence-corrected chi connectivity index (χ2v) is 6.46. The van der Waals surface area contributed by atoms with Crippen LogP contribution < -0.4 is 10.6 Å². The van der Waals surface area contributed by atoms with Crippen LogP contribution >= 0.6 is 24.8 Å². The molecule has 0 atom stereocenters. The predicted molar refractivity (Wildman–Crippen MR) is 64.7 cm³/mol. The molecule has 7 heteroatoms. The van der Waals surface area contributed by atoms with E-state index in [9.17, 15) is 0 Å². The Morgan fingerprint density at radius 2 is 1.47 bits per heavy atom.